The van der Waals surface area contributed by atoms with Crippen molar-refractivity contribution in [3.8, 4) is 0 Å². The predicted octanol–water partition coefficient (Wildman–Crippen LogP) is 4.64. The van der Waals surface area contributed by atoms with Gasteiger partial charge in [0, 0.05) is 5.54 Å². The molecule has 0 atom stereocenters. The molecule has 0 aromatic heterocycles. The molecule has 1 amide bonds. The SMILES string of the molecule is Cc1ccc(S(=O)(=O)N(CC(=O)NC(C)(C)Cc2ccccc2)c2ccccc2C)cc1. The summed E-state index contributed by atoms with van der Waals surface area (Å²) >= 11 is 0. The molecule has 0 aliphatic heterocycles. The number of hydrogen-bond donors (Lipinski definition) is 1. The number of anilines is 1. The first-order chi connectivity index (χ1) is 15.1. The van der Waals surface area contributed by atoms with Gasteiger partial charge >= 0.3 is 0 Å². The molecule has 0 heterocycles. The summed E-state index contributed by atoms with van der Waals surface area (Å²) in [5, 5.41) is 3.01. The molecule has 0 spiro atoms. The van der Waals surface area contributed by atoms with Crippen LogP contribution in [0.3, 0.4) is 0 Å². The fourth-order valence-corrected chi connectivity index (χ4v) is 5.16. The minimum Gasteiger partial charge on any atom is -0.349 e. The third-order valence-electron chi connectivity index (χ3n) is 5.25. The number of rotatable bonds is 8. The zero-order valence-electron chi connectivity index (χ0n) is 19.0. The Morgan fingerprint density at radius 1 is 0.875 bits per heavy atom. The van der Waals surface area contributed by atoms with Crippen LogP contribution in [0.1, 0.15) is 30.5 Å². The summed E-state index contributed by atoms with van der Waals surface area (Å²) in [6, 6.07) is 23.7. The van der Waals surface area contributed by atoms with E-state index in [1.807, 2.05) is 70.2 Å². The first kappa shape index (κ1) is 23.5. The molecule has 0 aliphatic carbocycles. The van der Waals surface area contributed by atoms with Gasteiger partial charge in [-0.15, -0.1) is 0 Å². The highest BCUT2D eigenvalue weighted by atomic mass is 32.2. The van der Waals surface area contributed by atoms with Crippen LogP contribution >= 0.6 is 0 Å². The Labute approximate surface area is 191 Å². The van der Waals surface area contributed by atoms with Gasteiger partial charge in [-0.3, -0.25) is 9.10 Å². The number of aryl methyl sites for hydroxylation is 2. The van der Waals surface area contributed by atoms with Crippen molar-refractivity contribution in [2.45, 2.75) is 44.6 Å². The third-order valence-corrected chi connectivity index (χ3v) is 7.02. The Balaban J connectivity index is 1.88. The van der Waals surface area contributed by atoms with E-state index in [-0.39, 0.29) is 17.3 Å². The van der Waals surface area contributed by atoms with Gasteiger partial charge in [0.05, 0.1) is 10.6 Å². The smallest absolute Gasteiger partial charge is 0.264 e. The number of hydrogen-bond acceptors (Lipinski definition) is 3. The van der Waals surface area contributed by atoms with Crippen LogP contribution in [-0.4, -0.2) is 26.4 Å². The number of amides is 1. The number of para-hydroxylation sites is 1. The highest BCUT2D eigenvalue weighted by Gasteiger charge is 2.30. The molecule has 5 nitrogen and oxygen atoms in total. The van der Waals surface area contributed by atoms with E-state index in [1.54, 1.807) is 36.4 Å². The van der Waals surface area contributed by atoms with Crippen molar-refractivity contribution in [1.82, 2.24) is 5.32 Å². The summed E-state index contributed by atoms with van der Waals surface area (Å²) < 4.78 is 28.3. The van der Waals surface area contributed by atoms with Gasteiger partial charge in [-0.1, -0.05) is 66.2 Å². The van der Waals surface area contributed by atoms with E-state index in [9.17, 15) is 13.2 Å². The minimum absolute atomic E-state index is 0.155. The standard InChI is InChI=1S/C26H30N2O3S/c1-20-14-16-23(17-15-20)32(30,31)28(24-13-9-8-10-21(24)2)19-25(29)27-26(3,4)18-22-11-6-5-7-12-22/h5-17H,18-19H2,1-4H3,(H,27,29). The molecular weight excluding hydrogens is 420 g/mol. The highest BCUT2D eigenvalue weighted by Crippen LogP contribution is 2.27. The van der Waals surface area contributed by atoms with Crippen molar-refractivity contribution < 1.29 is 13.2 Å². The molecule has 0 bridgehead atoms. The summed E-state index contributed by atoms with van der Waals surface area (Å²) in [4.78, 5) is 13.2. The summed E-state index contributed by atoms with van der Waals surface area (Å²) in [6.45, 7) is 7.30. The second-order valence-corrected chi connectivity index (χ2v) is 10.6. The van der Waals surface area contributed by atoms with Crippen LogP contribution in [0.2, 0.25) is 0 Å². The normalized spacial score (nSPS) is 11.8. The van der Waals surface area contributed by atoms with Crippen LogP contribution < -0.4 is 9.62 Å². The molecule has 0 aliphatic rings. The number of carbonyl (C=O) groups is 1. The molecule has 6 heteroatoms. The lowest BCUT2D eigenvalue weighted by atomic mass is 9.95. The number of benzene rings is 3. The lowest BCUT2D eigenvalue weighted by Gasteiger charge is -2.30. The van der Waals surface area contributed by atoms with Gasteiger partial charge in [0.25, 0.3) is 10.0 Å². The second kappa shape index (κ2) is 9.57. The summed E-state index contributed by atoms with van der Waals surface area (Å²) in [5.74, 6) is -0.357. The van der Waals surface area contributed by atoms with Gasteiger partial charge in [0.1, 0.15) is 6.54 Å². The molecule has 32 heavy (non-hydrogen) atoms. The Morgan fingerprint density at radius 3 is 2.09 bits per heavy atom. The predicted molar refractivity (Wildman–Crippen MR) is 129 cm³/mol. The van der Waals surface area contributed by atoms with Crippen molar-refractivity contribution in [3.05, 3.63) is 95.6 Å². The fraction of sp³-hybridized carbons (Fsp3) is 0.269. The van der Waals surface area contributed by atoms with E-state index < -0.39 is 15.6 Å². The Hall–Kier alpha value is -3.12. The number of nitrogens with one attached hydrogen (secondary N) is 1. The van der Waals surface area contributed by atoms with Gasteiger partial charge in [-0.05, 0) is 63.4 Å². The van der Waals surface area contributed by atoms with E-state index in [2.05, 4.69) is 5.32 Å². The van der Waals surface area contributed by atoms with Crippen molar-refractivity contribution in [3.63, 3.8) is 0 Å². The van der Waals surface area contributed by atoms with E-state index in [1.165, 1.54) is 4.31 Å². The Morgan fingerprint density at radius 2 is 1.47 bits per heavy atom. The molecule has 0 fully saturated rings. The topological polar surface area (TPSA) is 66.5 Å². The average Bonchev–Trinajstić information content (AvgIpc) is 2.73. The zero-order valence-corrected chi connectivity index (χ0v) is 19.8. The van der Waals surface area contributed by atoms with Crippen LogP contribution in [0.15, 0.2) is 83.8 Å². The molecular formula is C26H30N2O3S. The molecule has 168 valence electrons. The molecule has 3 aromatic carbocycles. The van der Waals surface area contributed by atoms with Gasteiger partial charge in [-0.2, -0.15) is 0 Å². The van der Waals surface area contributed by atoms with Crippen molar-refractivity contribution in [1.29, 1.82) is 0 Å². The Bertz CT molecular complexity index is 1170. The van der Waals surface area contributed by atoms with Gasteiger partial charge in [0.2, 0.25) is 5.91 Å². The number of sulfonamides is 1. The van der Waals surface area contributed by atoms with Crippen LogP contribution in [-0.2, 0) is 21.2 Å². The number of carbonyl (C=O) groups excluding carboxylic acids is 1. The van der Waals surface area contributed by atoms with Crippen LogP contribution in [0.4, 0.5) is 5.69 Å². The zero-order chi connectivity index (χ0) is 23.4. The maximum atomic E-state index is 13.5. The second-order valence-electron chi connectivity index (χ2n) is 8.71. The Kier molecular flexibility index (Phi) is 7.04. The molecule has 1 N–H and O–H groups in total. The summed E-state index contributed by atoms with van der Waals surface area (Å²) in [7, 11) is -3.93. The van der Waals surface area contributed by atoms with E-state index >= 15 is 0 Å². The first-order valence-electron chi connectivity index (χ1n) is 10.6. The van der Waals surface area contributed by atoms with E-state index in [0.717, 1.165) is 16.7 Å². The van der Waals surface area contributed by atoms with Crippen molar-refractivity contribution in [2.24, 2.45) is 0 Å². The van der Waals surface area contributed by atoms with Crippen LogP contribution in [0.5, 0.6) is 0 Å². The van der Waals surface area contributed by atoms with Crippen LogP contribution in [0.25, 0.3) is 0 Å². The van der Waals surface area contributed by atoms with E-state index in [0.29, 0.717) is 12.1 Å². The quantitative estimate of drug-likeness (QED) is 0.544. The largest absolute Gasteiger partial charge is 0.349 e. The lowest BCUT2D eigenvalue weighted by Crippen LogP contribution is -2.50. The molecule has 0 saturated carbocycles. The number of nitrogens with zero attached hydrogens (tertiary/aromatic N) is 1. The van der Waals surface area contributed by atoms with Gasteiger partial charge in [0.15, 0.2) is 0 Å². The molecule has 3 rings (SSSR count). The molecule has 3 aromatic rings. The van der Waals surface area contributed by atoms with Crippen molar-refractivity contribution >= 4 is 21.6 Å². The maximum Gasteiger partial charge on any atom is 0.264 e. The lowest BCUT2D eigenvalue weighted by molar-refractivity contribution is -0.121. The monoisotopic (exact) mass is 450 g/mol. The third kappa shape index (κ3) is 5.77. The summed E-state index contributed by atoms with van der Waals surface area (Å²) in [6.07, 6.45) is 0.634. The van der Waals surface area contributed by atoms with Crippen molar-refractivity contribution in [2.75, 3.05) is 10.8 Å². The molecule has 0 saturated heterocycles. The highest BCUT2D eigenvalue weighted by molar-refractivity contribution is 7.92. The average molecular weight is 451 g/mol. The molecule has 0 unspecified atom stereocenters. The first-order valence-corrected chi connectivity index (χ1v) is 12.0. The fourth-order valence-electron chi connectivity index (χ4n) is 3.68. The summed E-state index contributed by atoms with van der Waals surface area (Å²) in [5.41, 5.74) is 2.79. The molecule has 0 radical (unpaired) electrons. The maximum absolute atomic E-state index is 13.5. The minimum atomic E-state index is -3.93. The van der Waals surface area contributed by atoms with Gasteiger partial charge in [-0.25, -0.2) is 8.42 Å². The van der Waals surface area contributed by atoms with Gasteiger partial charge < -0.3 is 5.32 Å². The van der Waals surface area contributed by atoms with E-state index in [4.69, 9.17) is 0 Å². The van der Waals surface area contributed by atoms with Crippen LogP contribution in [0, 0.1) is 13.8 Å².